The van der Waals surface area contributed by atoms with Crippen LogP contribution in [0.5, 0.6) is 5.75 Å². The number of nitrogens with one attached hydrogen (secondary N) is 1. The monoisotopic (exact) mass is 292 g/mol. The van der Waals surface area contributed by atoms with Gasteiger partial charge in [-0.15, -0.1) is 0 Å². The van der Waals surface area contributed by atoms with Crippen molar-refractivity contribution in [3.63, 3.8) is 0 Å². The first-order valence-electron chi connectivity index (χ1n) is 5.89. The van der Waals surface area contributed by atoms with Crippen LogP contribution in [0.1, 0.15) is 16.3 Å². The molecule has 0 spiro atoms. The molecule has 0 atom stereocenters. The SMILES string of the molecule is COc1cc(NCc2ccc(C(=O)O)o2)ccc1[N+](=O)[O-]. The summed E-state index contributed by atoms with van der Waals surface area (Å²) in [5.41, 5.74) is 0.458. The smallest absolute Gasteiger partial charge is 0.371 e. The van der Waals surface area contributed by atoms with Crippen LogP contribution in [0.15, 0.2) is 34.7 Å². The van der Waals surface area contributed by atoms with E-state index in [0.717, 1.165) is 0 Å². The zero-order valence-corrected chi connectivity index (χ0v) is 11.0. The summed E-state index contributed by atoms with van der Waals surface area (Å²) < 4.78 is 10.0. The van der Waals surface area contributed by atoms with Crippen molar-refractivity contribution in [1.82, 2.24) is 0 Å². The van der Waals surface area contributed by atoms with Gasteiger partial charge >= 0.3 is 11.7 Å². The molecule has 0 aliphatic rings. The minimum Gasteiger partial charge on any atom is -0.490 e. The van der Waals surface area contributed by atoms with E-state index in [9.17, 15) is 14.9 Å². The van der Waals surface area contributed by atoms with Gasteiger partial charge in [-0.1, -0.05) is 0 Å². The Balaban J connectivity index is 2.09. The predicted octanol–water partition coefficient (Wildman–Crippen LogP) is 2.51. The second kappa shape index (κ2) is 5.95. The number of furan rings is 1. The van der Waals surface area contributed by atoms with Gasteiger partial charge in [0.2, 0.25) is 5.76 Å². The number of carbonyl (C=O) groups is 1. The van der Waals surface area contributed by atoms with Crippen molar-refractivity contribution in [2.45, 2.75) is 6.54 Å². The zero-order valence-electron chi connectivity index (χ0n) is 11.0. The molecule has 0 radical (unpaired) electrons. The highest BCUT2D eigenvalue weighted by atomic mass is 16.6. The Morgan fingerprint density at radius 1 is 1.43 bits per heavy atom. The molecule has 110 valence electrons. The molecule has 8 heteroatoms. The Morgan fingerprint density at radius 2 is 2.19 bits per heavy atom. The summed E-state index contributed by atoms with van der Waals surface area (Å²) in [5.74, 6) is -0.716. The van der Waals surface area contributed by atoms with E-state index in [1.807, 2.05) is 0 Å². The molecule has 0 saturated carbocycles. The van der Waals surface area contributed by atoms with Crippen LogP contribution < -0.4 is 10.1 Å². The molecular weight excluding hydrogens is 280 g/mol. The zero-order chi connectivity index (χ0) is 15.4. The molecule has 2 N–H and O–H groups in total. The van der Waals surface area contributed by atoms with E-state index in [1.54, 1.807) is 6.07 Å². The number of carboxylic acid groups (broad SMARTS) is 1. The molecule has 1 aromatic carbocycles. The van der Waals surface area contributed by atoms with Crippen LogP contribution >= 0.6 is 0 Å². The lowest BCUT2D eigenvalue weighted by molar-refractivity contribution is -0.385. The summed E-state index contributed by atoms with van der Waals surface area (Å²) >= 11 is 0. The lowest BCUT2D eigenvalue weighted by Gasteiger charge is -2.07. The number of nitrogens with zero attached hydrogens (tertiary/aromatic N) is 1. The van der Waals surface area contributed by atoms with Crippen molar-refractivity contribution in [3.05, 3.63) is 52.0 Å². The van der Waals surface area contributed by atoms with Crippen molar-refractivity contribution in [3.8, 4) is 5.75 Å². The van der Waals surface area contributed by atoms with Gasteiger partial charge in [0, 0.05) is 17.8 Å². The van der Waals surface area contributed by atoms with Gasteiger partial charge in [0.25, 0.3) is 0 Å². The molecule has 0 aliphatic carbocycles. The van der Waals surface area contributed by atoms with Crippen molar-refractivity contribution in [2.24, 2.45) is 0 Å². The number of carboxylic acids is 1. The number of ether oxygens (including phenoxy) is 1. The topological polar surface area (TPSA) is 115 Å². The summed E-state index contributed by atoms with van der Waals surface area (Å²) in [4.78, 5) is 20.9. The quantitative estimate of drug-likeness (QED) is 0.620. The van der Waals surface area contributed by atoms with Crippen LogP contribution in [0.2, 0.25) is 0 Å². The first-order valence-corrected chi connectivity index (χ1v) is 5.89. The molecule has 2 rings (SSSR count). The summed E-state index contributed by atoms with van der Waals surface area (Å²) in [6, 6.07) is 7.24. The summed E-state index contributed by atoms with van der Waals surface area (Å²) in [6.07, 6.45) is 0. The molecule has 8 nitrogen and oxygen atoms in total. The molecule has 0 aliphatic heterocycles. The van der Waals surface area contributed by atoms with Crippen LogP contribution in [0, 0.1) is 10.1 Å². The number of nitro groups is 1. The predicted molar refractivity (Wildman–Crippen MR) is 72.6 cm³/mol. The molecule has 1 aromatic heterocycles. The molecule has 0 bridgehead atoms. The maximum atomic E-state index is 10.8. The van der Waals surface area contributed by atoms with Gasteiger partial charge in [0.15, 0.2) is 5.75 Å². The Hall–Kier alpha value is -3.03. The third-order valence-corrected chi connectivity index (χ3v) is 2.72. The average Bonchev–Trinajstić information content (AvgIpc) is 2.93. The minimum atomic E-state index is -1.14. The second-order valence-corrected chi connectivity index (χ2v) is 4.07. The Morgan fingerprint density at radius 3 is 2.76 bits per heavy atom. The summed E-state index contributed by atoms with van der Waals surface area (Å²) in [5, 5.41) is 22.5. The maximum absolute atomic E-state index is 10.8. The summed E-state index contributed by atoms with van der Waals surface area (Å²) in [7, 11) is 1.35. The first-order chi connectivity index (χ1) is 10.0. The van der Waals surface area contributed by atoms with E-state index in [-0.39, 0.29) is 23.7 Å². The Kier molecular flexibility index (Phi) is 4.07. The lowest BCUT2D eigenvalue weighted by Crippen LogP contribution is -2.00. The van der Waals surface area contributed by atoms with Gasteiger partial charge in [-0.25, -0.2) is 4.79 Å². The number of rotatable bonds is 6. The molecule has 0 fully saturated rings. The standard InChI is InChI=1S/C13H12N2O6/c1-20-12-6-8(2-4-10(12)15(18)19)14-7-9-3-5-11(21-9)13(16)17/h2-6,14H,7H2,1H3,(H,16,17). The van der Waals surface area contributed by atoms with E-state index in [2.05, 4.69) is 5.32 Å². The normalized spacial score (nSPS) is 10.1. The van der Waals surface area contributed by atoms with E-state index in [0.29, 0.717) is 11.4 Å². The van der Waals surface area contributed by atoms with Gasteiger partial charge in [-0.2, -0.15) is 0 Å². The Bertz CT molecular complexity index is 679. The molecule has 1 heterocycles. The van der Waals surface area contributed by atoms with Crippen LogP contribution in [-0.4, -0.2) is 23.1 Å². The van der Waals surface area contributed by atoms with Crippen molar-refractivity contribution in [1.29, 1.82) is 0 Å². The van der Waals surface area contributed by atoms with Crippen LogP contribution in [0.3, 0.4) is 0 Å². The van der Waals surface area contributed by atoms with Crippen LogP contribution in [0.4, 0.5) is 11.4 Å². The molecule has 0 amide bonds. The van der Waals surface area contributed by atoms with Crippen molar-refractivity contribution >= 4 is 17.3 Å². The molecule has 21 heavy (non-hydrogen) atoms. The Labute approximate surface area is 119 Å². The molecule has 0 saturated heterocycles. The number of aromatic carboxylic acids is 1. The third-order valence-electron chi connectivity index (χ3n) is 2.72. The van der Waals surface area contributed by atoms with E-state index in [4.69, 9.17) is 14.3 Å². The van der Waals surface area contributed by atoms with Gasteiger partial charge in [0.1, 0.15) is 5.76 Å². The molecule has 0 unspecified atom stereocenters. The number of benzene rings is 1. The van der Waals surface area contributed by atoms with Gasteiger partial charge in [-0.05, 0) is 18.2 Å². The number of anilines is 1. The number of hydrogen-bond donors (Lipinski definition) is 2. The van der Waals surface area contributed by atoms with E-state index >= 15 is 0 Å². The fraction of sp³-hybridized carbons (Fsp3) is 0.154. The van der Waals surface area contributed by atoms with Crippen LogP contribution in [0.25, 0.3) is 0 Å². The number of hydrogen-bond acceptors (Lipinski definition) is 6. The number of methoxy groups -OCH3 is 1. The highest BCUT2D eigenvalue weighted by Gasteiger charge is 2.15. The van der Waals surface area contributed by atoms with Crippen molar-refractivity contribution < 1.29 is 24.0 Å². The fourth-order valence-electron chi connectivity index (χ4n) is 1.72. The third kappa shape index (κ3) is 3.30. The van der Waals surface area contributed by atoms with E-state index < -0.39 is 10.9 Å². The van der Waals surface area contributed by atoms with Gasteiger partial charge < -0.3 is 19.6 Å². The first kappa shape index (κ1) is 14.4. The van der Waals surface area contributed by atoms with Gasteiger partial charge in [0.05, 0.1) is 18.6 Å². The lowest BCUT2D eigenvalue weighted by atomic mass is 10.2. The summed E-state index contributed by atoms with van der Waals surface area (Å²) in [6.45, 7) is 0.244. The highest BCUT2D eigenvalue weighted by Crippen LogP contribution is 2.29. The molecular formula is C13H12N2O6. The number of nitro benzene ring substituents is 1. The largest absolute Gasteiger partial charge is 0.490 e. The fourth-order valence-corrected chi connectivity index (χ4v) is 1.72. The van der Waals surface area contributed by atoms with Crippen molar-refractivity contribution in [2.75, 3.05) is 12.4 Å². The maximum Gasteiger partial charge on any atom is 0.371 e. The second-order valence-electron chi connectivity index (χ2n) is 4.07. The average molecular weight is 292 g/mol. The van der Waals surface area contributed by atoms with E-state index in [1.165, 1.54) is 31.4 Å². The molecule has 2 aromatic rings. The minimum absolute atomic E-state index is 0.130. The van der Waals surface area contributed by atoms with Gasteiger partial charge in [-0.3, -0.25) is 10.1 Å². The van der Waals surface area contributed by atoms with Crippen LogP contribution in [-0.2, 0) is 6.54 Å². The highest BCUT2D eigenvalue weighted by molar-refractivity contribution is 5.84.